The number of carbonyl (C=O) groups is 1. The average Bonchev–Trinajstić information content (AvgIpc) is 2.28. The number of amides is 1. The van der Waals surface area contributed by atoms with Gasteiger partial charge >= 0.3 is 0 Å². The lowest BCUT2D eigenvalue weighted by molar-refractivity contribution is -0.129. The summed E-state index contributed by atoms with van der Waals surface area (Å²) in [4.78, 5) is 13.1. The van der Waals surface area contributed by atoms with Crippen molar-refractivity contribution < 1.29 is 4.79 Å². The SMILES string of the molecule is C[C@@H]1CN(C(=O)CN)CCCN1. The number of nitrogens with two attached hydrogens (primary N) is 1. The Balaban J connectivity index is 2.46. The Kier molecular flexibility index (Phi) is 3.49. The Bertz CT molecular complexity index is 160. The molecular weight excluding hydrogens is 154 g/mol. The van der Waals surface area contributed by atoms with Crippen LogP contribution in [0, 0.1) is 0 Å². The van der Waals surface area contributed by atoms with Crippen LogP contribution in [0.15, 0.2) is 0 Å². The summed E-state index contributed by atoms with van der Waals surface area (Å²) in [6, 6.07) is 0.392. The largest absolute Gasteiger partial charge is 0.340 e. The Morgan fingerprint density at radius 2 is 2.50 bits per heavy atom. The van der Waals surface area contributed by atoms with Gasteiger partial charge in [-0.15, -0.1) is 0 Å². The Morgan fingerprint density at radius 1 is 1.75 bits per heavy atom. The molecule has 1 atom stereocenters. The molecule has 0 radical (unpaired) electrons. The molecule has 1 amide bonds. The van der Waals surface area contributed by atoms with Gasteiger partial charge in [-0.2, -0.15) is 0 Å². The van der Waals surface area contributed by atoms with E-state index in [-0.39, 0.29) is 12.5 Å². The fourth-order valence-electron chi connectivity index (χ4n) is 1.46. The summed E-state index contributed by atoms with van der Waals surface area (Å²) in [5.41, 5.74) is 5.29. The topological polar surface area (TPSA) is 58.4 Å². The molecule has 0 aromatic carbocycles. The maximum Gasteiger partial charge on any atom is 0.236 e. The second kappa shape index (κ2) is 4.42. The van der Waals surface area contributed by atoms with Crippen LogP contribution in [0.5, 0.6) is 0 Å². The maximum atomic E-state index is 11.2. The first-order valence-electron chi connectivity index (χ1n) is 4.45. The van der Waals surface area contributed by atoms with Crippen molar-refractivity contribution in [1.29, 1.82) is 0 Å². The quantitative estimate of drug-likeness (QED) is 0.540. The van der Waals surface area contributed by atoms with Crippen molar-refractivity contribution in [2.45, 2.75) is 19.4 Å². The predicted octanol–water partition coefficient (Wildman–Crippen LogP) is -0.844. The van der Waals surface area contributed by atoms with E-state index in [1.54, 1.807) is 0 Å². The zero-order chi connectivity index (χ0) is 8.97. The minimum atomic E-state index is 0.0607. The van der Waals surface area contributed by atoms with E-state index >= 15 is 0 Å². The van der Waals surface area contributed by atoms with Crippen LogP contribution in [-0.4, -0.2) is 43.0 Å². The molecule has 0 unspecified atom stereocenters. The first-order chi connectivity index (χ1) is 5.74. The van der Waals surface area contributed by atoms with E-state index < -0.39 is 0 Å². The smallest absolute Gasteiger partial charge is 0.236 e. The third-order valence-corrected chi connectivity index (χ3v) is 2.12. The van der Waals surface area contributed by atoms with Crippen LogP contribution >= 0.6 is 0 Å². The summed E-state index contributed by atoms with van der Waals surface area (Å²) < 4.78 is 0. The maximum absolute atomic E-state index is 11.2. The molecule has 0 saturated carbocycles. The standard InChI is InChI=1S/C8H17N3O/c1-7-6-11(8(12)5-9)4-2-3-10-7/h7,10H,2-6,9H2,1H3/t7-/m1/s1. The summed E-state index contributed by atoms with van der Waals surface area (Å²) >= 11 is 0. The minimum Gasteiger partial charge on any atom is -0.340 e. The van der Waals surface area contributed by atoms with Crippen LogP contribution in [0.1, 0.15) is 13.3 Å². The molecule has 0 aromatic heterocycles. The van der Waals surface area contributed by atoms with Crippen LogP contribution < -0.4 is 11.1 Å². The van der Waals surface area contributed by atoms with Gasteiger partial charge in [0, 0.05) is 19.1 Å². The van der Waals surface area contributed by atoms with E-state index in [1.807, 2.05) is 4.90 Å². The molecule has 4 nitrogen and oxygen atoms in total. The number of nitrogens with one attached hydrogen (secondary N) is 1. The van der Waals surface area contributed by atoms with Gasteiger partial charge < -0.3 is 16.0 Å². The normalized spacial score (nSPS) is 25.2. The van der Waals surface area contributed by atoms with Crippen molar-refractivity contribution in [2.75, 3.05) is 26.2 Å². The van der Waals surface area contributed by atoms with Gasteiger partial charge in [-0.25, -0.2) is 0 Å². The fourth-order valence-corrected chi connectivity index (χ4v) is 1.46. The molecule has 4 heteroatoms. The third-order valence-electron chi connectivity index (χ3n) is 2.12. The van der Waals surface area contributed by atoms with Gasteiger partial charge in [0.05, 0.1) is 6.54 Å². The van der Waals surface area contributed by atoms with Gasteiger partial charge in [0.2, 0.25) is 5.91 Å². The summed E-state index contributed by atoms with van der Waals surface area (Å²) in [6.07, 6.45) is 1.02. The summed E-state index contributed by atoms with van der Waals surface area (Å²) in [7, 11) is 0. The van der Waals surface area contributed by atoms with Crippen LogP contribution in [0.2, 0.25) is 0 Å². The van der Waals surface area contributed by atoms with Crippen LogP contribution in [0.3, 0.4) is 0 Å². The van der Waals surface area contributed by atoms with Gasteiger partial charge in [-0.1, -0.05) is 0 Å². The molecule has 3 N–H and O–H groups in total. The van der Waals surface area contributed by atoms with Crippen molar-refractivity contribution >= 4 is 5.91 Å². The second-order valence-corrected chi connectivity index (χ2v) is 3.25. The van der Waals surface area contributed by atoms with E-state index in [2.05, 4.69) is 12.2 Å². The molecule has 1 saturated heterocycles. The summed E-state index contributed by atoms with van der Waals surface area (Å²) in [5, 5.41) is 3.32. The lowest BCUT2D eigenvalue weighted by Gasteiger charge is -2.21. The minimum absolute atomic E-state index is 0.0607. The van der Waals surface area contributed by atoms with E-state index in [9.17, 15) is 4.79 Å². The molecule has 0 bridgehead atoms. The number of hydrogen-bond acceptors (Lipinski definition) is 3. The molecule has 1 aliphatic heterocycles. The fraction of sp³-hybridized carbons (Fsp3) is 0.875. The lowest BCUT2D eigenvalue weighted by atomic mass is 10.3. The molecule has 70 valence electrons. The zero-order valence-electron chi connectivity index (χ0n) is 7.55. The average molecular weight is 171 g/mol. The van der Waals surface area contributed by atoms with E-state index in [0.29, 0.717) is 6.04 Å². The molecule has 1 fully saturated rings. The molecule has 0 spiro atoms. The molecule has 0 aromatic rings. The van der Waals surface area contributed by atoms with Gasteiger partial charge in [0.15, 0.2) is 0 Å². The summed E-state index contributed by atoms with van der Waals surface area (Å²) in [5.74, 6) is 0.0607. The van der Waals surface area contributed by atoms with Crippen LogP contribution in [0.4, 0.5) is 0 Å². The van der Waals surface area contributed by atoms with Gasteiger partial charge in [0.1, 0.15) is 0 Å². The molecule has 1 heterocycles. The number of hydrogen-bond donors (Lipinski definition) is 2. The van der Waals surface area contributed by atoms with Crippen molar-refractivity contribution in [3.05, 3.63) is 0 Å². The van der Waals surface area contributed by atoms with Crippen molar-refractivity contribution in [1.82, 2.24) is 10.2 Å². The van der Waals surface area contributed by atoms with Gasteiger partial charge in [-0.3, -0.25) is 4.79 Å². The third kappa shape index (κ3) is 2.46. The number of nitrogens with zero attached hydrogens (tertiary/aromatic N) is 1. The molecule has 1 rings (SSSR count). The predicted molar refractivity (Wildman–Crippen MR) is 47.7 cm³/mol. The summed E-state index contributed by atoms with van der Waals surface area (Å²) in [6.45, 7) is 4.84. The van der Waals surface area contributed by atoms with Gasteiger partial charge in [-0.05, 0) is 19.9 Å². The monoisotopic (exact) mass is 171 g/mol. The highest BCUT2D eigenvalue weighted by Gasteiger charge is 2.17. The first kappa shape index (κ1) is 9.48. The number of carbonyl (C=O) groups excluding carboxylic acids is 1. The highest BCUT2D eigenvalue weighted by Crippen LogP contribution is 1.99. The highest BCUT2D eigenvalue weighted by molar-refractivity contribution is 5.78. The van der Waals surface area contributed by atoms with Crippen molar-refractivity contribution in [3.8, 4) is 0 Å². The van der Waals surface area contributed by atoms with Crippen LogP contribution in [-0.2, 0) is 4.79 Å². The zero-order valence-corrected chi connectivity index (χ0v) is 7.55. The lowest BCUT2D eigenvalue weighted by Crippen LogP contribution is -2.41. The molecule has 0 aliphatic carbocycles. The first-order valence-corrected chi connectivity index (χ1v) is 4.45. The Morgan fingerprint density at radius 3 is 3.17 bits per heavy atom. The van der Waals surface area contributed by atoms with E-state index in [1.165, 1.54) is 0 Å². The van der Waals surface area contributed by atoms with Crippen molar-refractivity contribution in [2.24, 2.45) is 5.73 Å². The number of rotatable bonds is 1. The van der Waals surface area contributed by atoms with Crippen LogP contribution in [0.25, 0.3) is 0 Å². The molecule has 12 heavy (non-hydrogen) atoms. The van der Waals surface area contributed by atoms with Crippen molar-refractivity contribution in [3.63, 3.8) is 0 Å². The second-order valence-electron chi connectivity index (χ2n) is 3.25. The van der Waals surface area contributed by atoms with Gasteiger partial charge in [0.25, 0.3) is 0 Å². The Hall–Kier alpha value is -0.610. The Labute approximate surface area is 73.1 Å². The van der Waals surface area contributed by atoms with E-state index in [0.717, 1.165) is 26.1 Å². The van der Waals surface area contributed by atoms with E-state index in [4.69, 9.17) is 5.73 Å². The highest BCUT2D eigenvalue weighted by atomic mass is 16.2. The molecule has 1 aliphatic rings. The molecular formula is C8H17N3O.